The van der Waals surface area contributed by atoms with Crippen molar-refractivity contribution in [1.29, 1.82) is 0 Å². The van der Waals surface area contributed by atoms with Gasteiger partial charge in [0.25, 0.3) is 0 Å². The number of anilines is 1. The Hall–Kier alpha value is -2.21. The third-order valence-electron chi connectivity index (χ3n) is 4.50. The summed E-state index contributed by atoms with van der Waals surface area (Å²) < 4.78 is 0. The Bertz CT molecular complexity index is 718. The van der Waals surface area contributed by atoms with Crippen molar-refractivity contribution in [1.82, 2.24) is 9.88 Å². The molecule has 6 heteroatoms. The van der Waals surface area contributed by atoms with Gasteiger partial charge >= 0.3 is 0 Å². The Morgan fingerprint density at radius 3 is 2.44 bits per heavy atom. The molecule has 1 fully saturated rings. The topological polar surface area (TPSA) is 62.3 Å². The van der Waals surface area contributed by atoms with Crippen LogP contribution in [0.5, 0.6) is 0 Å². The van der Waals surface area contributed by atoms with Crippen LogP contribution in [0, 0.1) is 11.8 Å². The molecular formula is C19H23N3O2S. The summed E-state index contributed by atoms with van der Waals surface area (Å²) in [5.74, 6) is 0.201. The van der Waals surface area contributed by atoms with Gasteiger partial charge in [-0.1, -0.05) is 13.8 Å². The molecule has 1 saturated heterocycles. The van der Waals surface area contributed by atoms with Gasteiger partial charge in [0.05, 0.1) is 0 Å². The average molecular weight is 357 g/mol. The van der Waals surface area contributed by atoms with Gasteiger partial charge in [0.2, 0.25) is 11.8 Å². The molecule has 1 aliphatic heterocycles. The maximum absolute atomic E-state index is 12.5. The van der Waals surface area contributed by atoms with Crippen LogP contribution in [0.4, 0.5) is 5.69 Å². The van der Waals surface area contributed by atoms with Crippen molar-refractivity contribution in [2.24, 2.45) is 11.8 Å². The molecule has 1 aromatic heterocycles. The van der Waals surface area contributed by atoms with E-state index in [9.17, 15) is 9.59 Å². The molecule has 2 amide bonds. The van der Waals surface area contributed by atoms with Gasteiger partial charge in [-0.05, 0) is 37.1 Å². The van der Waals surface area contributed by atoms with E-state index in [1.54, 1.807) is 17.5 Å². The SMILES string of the molecule is CC(C)C(=O)N1CCC(C(=O)Nc2ccc(-c3nccs3)cc2)CC1. The highest BCUT2D eigenvalue weighted by molar-refractivity contribution is 7.13. The number of hydrogen-bond acceptors (Lipinski definition) is 4. The molecule has 132 valence electrons. The molecule has 0 saturated carbocycles. The molecule has 3 rings (SSSR count). The van der Waals surface area contributed by atoms with Crippen molar-refractivity contribution >= 4 is 28.8 Å². The van der Waals surface area contributed by atoms with E-state index in [1.165, 1.54) is 0 Å². The van der Waals surface area contributed by atoms with Crippen LogP contribution in [-0.2, 0) is 9.59 Å². The zero-order valence-electron chi connectivity index (χ0n) is 14.6. The molecule has 0 unspecified atom stereocenters. The minimum Gasteiger partial charge on any atom is -0.342 e. The monoisotopic (exact) mass is 357 g/mol. The molecule has 0 bridgehead atoms. The van der Waals surface area contributed by atoms with Crippen LogP contribution in [0.15, 0.2) is 35.8 Å². The van der Waals surface area contributed by atoms with Gasteiger partial charge in [0, 0.05) is 47.8 Å². The summed E-state index contributed by atoms with van der Waals surface area (Å²) >= 11 is 1.59. The van der Waals surface area contributed by atoms with Gasteiger partial charge in [0.15, 0.2) is 0 Å². The van der Waals surface area contributed by atoms with E-state index in [2.05, 4.69) is 10.3 Å². The zero-order valence-corrected chi connectivity index (χ0v) is 15.4. The van der Waals surface area contributed by atoms with Crippen LogP contribution in [0.3, 0.4) is 0 Å². The van der Waals surface area contributed by atoms with Gasteiger partial charge < -0.3 is 10.2 Å². The summed E-state index contributed by atoms with van der Waals surface area (Å²) in [6.07, 6.45) is 3.23. The summed E-state index contributed by atoms with van der Waals surface area (Å²) in [7, 11) is 0. The lowest BCUT2D eigenvalue weighted by Crippen LogP contribution is -2.43. The number of piperidine rings is 1. The van der Waals surface area contributed by atoms with E-state index in [4.69, 9.17) is 0 Å². The van der Waals surface area contributed by atoms with Crippen molar-refractivity contribution in [3.05, 3.63) is 35.8 Å². The third-order valence-corrected chi connectivity index (χ3v) is 5.33. The average Bonchev–Trinajstić information content (AvgIpc) is 3.16. The molecule has 25 heavy (non-hydrogen) atoms. The molecule has 0 atom stereocenters. The summed E-state index contributed by atoms with van der Waals surface area (Å²) in [4.78, 5) is 30.6. The molecule has 2 aromatic rings. The first-order valence-electron chi connectivity index (χ1n) is 8.64. The van der Waals surface area contributed by atoms with Crippen LogP contribution in [0.25, 0.3) is 10.6 Å². The smallest absolute Gasteiger partial charge is 0.227 e. The highest BCUT2D eigenvalue weighted by atomic mass is 32.1. The van der Waals surface area contributed by atoms with Crippen molar-refractivity contribution < 1.29 is 9.59 Å². The van der Waals surface area contributed by atoms with E-state index >= 15 is 0 Å². The number of nitrogens with zero attached hydrogens (tertiary/aromatic N) is 2. The first kappa shape index (κ1) is 17.6. The first-order chi connectivity index (χ1) is 12.0. The summed E-state index contributed by atoms with van der Waals surface area (Å²) in [6, 6.07) is 7.76. The van der Waals surface area contributed by atoms with Gasteiger partial charge in [-0.15, -0.1) is 11.3 Å². The van der Waals surface area contributed by atoms with E-state index in [0.717, 1.165) is 29.1 Å². The third kappa shape index (κ3) is 4.25. The second-order valence-electron chi connectivity index (χ2n) is 6.66. The molecule has 2 heterocycles. The lowest BCUT2D eigenvalue weighted by molar-refractivity contribution is -0.137. The fraction of sp³-hybridized carbons (Fsp3) is 0.421. The molecule has 1 aliphatic rings. The predicted molar refractivity (Wildman–Crippen MR) is 100 cm³/mol. The lowest BCUT2D eigenvalue weighted by Gasteiger charge is -2.32. The maximum Gasteiger partial charge on any atom is 0.227 e. The van der Waals surface area contributed by atoms with Crippen LogP contribution in [-0.4, -0.2) is 34.8 Å². The molecular weight excluding hydrogens is 334 g/mol. The maximum atomic E-state index is 12.5. The van der Waals surface area contributed by atoms with Crippen LogP contribution < -0.4 is 5.32 Å². The number of carbonyl (C=O) groups is 2. The van der Waals surface area contributed by atoms with Crippen LogP contribution >= 0.6 is 11.3 Å². The van der Waals surface area contributed by atoms with Gasteiger partial charge in [-0.2, -0.15) is 0 Å². The quantitative estimate of drug-likeness (QED) is 0.909. The number of aromatic nitrogens is 1. The normalized spacial score (nSPS) is 15.4. The molecule has 0 spiro atoms. The minimum atomic E-state index is -0.0325. The number of hydrogen-bond donors (Lipinski definition) is 1. The van der Waals surface area contributed by atoms with Crippen LogP contribution in [0.2, 0.25) is 0 Å². The Morgan fingerprint density at radius 2 is 1.88 bits per heavy atom. The number of carbonyl (C=O) groups excluding carboxylic acids is 2. The number of likely N-dealkylation sites (tertiary alicyclic amines) is 1. The molecule has 0 aliphatic carbocycles. The Kier molecular flexibility index (Phi) is 5.48. The number of benzene rings is 1. The van der Waals surface area contributed by atoms with E-state index in [-0.39, 0.29) is 23.7 Å². The predicted octanol–water partition coefficient (Wildman–Crippen LogP) is 3.64. The zero-order chi connectivity index (χ0) is 17.8. The van der Waals surface area contributed by atoms with Gasteiger partial charge in [0.1, 0.15) is 5.01 Å². The fourth-order valence-corrected chi connectivity index (χ4v) is 3.68. The highest BCUT2D eigenvalue weighted by Gasteiger charge is 2.28. The molecule has 1 aromatic carbocycles. The van der Waals surface area contributed by atoms with E-state index in [1.807, 2.05) is 48.4 Å². The second-order valence-corrected chi connectivity index (χ2v) is 7.55. The number of amides is 2. The molecule has 5 nitrogen and oxygen atoms in total. The standard InChI is InChI=1S/C19H23N3O2S/c1-13(2)19(24)22-10-7-14(8-11-22)17(23)21-16-5-3-15(4-6-16)18-20-9-12-25-18/h3-6,9,12-14H,7-8,10-11H2,1-2H3,(H,21,23). The Balaban J connectivity index is 1.54. The van der Waals surface area contributed by atoms with Crippen molar-refractivity contribution in [3.63, 3.8) is 0 Å². The van der Waals surface area contributed by atoms with E-state index < -0.39 is 0 Å². The molecule has 0 radical (unpaired) electrons. The van der Waals surface area contributed by atoms with Gasteiger partial charge in [-0.25, -0.2) is 4.98 Å². The van der Waals surface area contributed by atoms with E-state index in [0.29, 0.717) is 13.1 Å². The van der Waals surface area contributed by atoms with Crippen molar-refractivity contribution in [3.8, 4) is 10.6 Å². The van der Waals surface area contributed by atoms with Crippen LogP contribution in [0.1, 0.15) is 26.7 Å². The highest BCUT2D eigenvalue weighted by Crippen LogP contribution is 2.24. The Morgan fingerprint density at radius 1 is 1.20 bits per heavy atom. The van der Waals surface area contributed by atoms with Gasteiger partial charge in [-0.3, -0.25) is 9.59 Å². The summed E-state index contributed by atoms with van der Waals surface area (Å²) in [5.41, 5.74) is 1.85. The summed E-state index contributed by atoms with van der Waals surface area (Å²) in [5, 5.41) is 5.91. The number of nitrogens with one attached hydrogen (secondary N) is 1. The van der Waals surface area contributed by atoms with Crippen molar-refractivity contribution in [2.45, 2.75) is 26.7 Å². The Labute approximate surface area is 152 Å². The second kappa shape index (κ2) is 7.78. The molecule has 1 N–H and O–H groups in total. The largest absolute Gasteiger partial charge is 0.342 e. The summed E-state index contributed by atoms with van der Waals surface area (Å²) in [6.45, 7) is 5.16. The fourth-order valence-electron chi connectivity index (χ4n) is 3.03. The van der Waals surface area contributed by atoms with Crippen molar-refractivity contribution in [2.75, 3.05) is 18.4 Å². The first-order valence-corrected chi connectivity index (χ1v) is 9.52. The lowest BCUT2D eigenvalue weighted by atomic mass is 9.95. The number of thiazole rings is 1. The minimum absolute atomic E-state index is 0.0155. The number of rotatable bonds is 4.